The van der Waals surface area contributed by atoms with Crippen LogP contribution in [0.5, 0.6) is 5.75 Å². The predicted molar refractivity (Wildman–Crippen MR) is 95.8 cm³/mol. The standard InChI is InChI=1S/C20H26O3/c1-15(2)6-5-7-16(3)12-13-23-19-10-8-18(14-17(19)4)9-11-20(21)22/h6,8-12,14H,5,7,13H2,1-4H3,(H,21,22)/b11-9+,16-12+. The van der Waals surface area contributed by atoms with Gasteiger partial charge in [0.1, 0.15) is 12.4 Å². The van der Waals surface area contributed by atoms with Gasteiger partial charge in [0.15, 0.2) is 0 Å². The molecule has 0 atom stereocenters. The summed E-state index contributed by atoms with van der Waals surface area (Å²) in [6, 6.07) is 5.65. The predicted octanol–water partition coefficient (Wildman–Crippen LogP) is 5.16. The first-order chi connectivity index (χ1) is 10.9. The van der Waals surface area contributed by atoms with Gasteiger partial charge in [0.25, 0.3) is 0 Å². The SMILES string of the molecule is CC(C)=CCC/C(C)=C/COc1ccc(/C=C/C(=O)O)cc1C. The molecule has 0 spiro atoms. The Labute approximate surface area is 139 Å². The second-order valence-corrected chi connectivity index (χ2v) is 5.88. The van der Waals surface area contributed by atoms with E-state index in [9.17, 15) is 4.79 Å². The largest absolute Gasteiger partial charge is 0.489 e. The molecule has 0 saturated carbocycles. The minimum Gasteiger partial charge on any atom is -0.489 e. The summed E-state index contributed by atoms with van der Waals surface area (Å²) in [6.07, 6.45) is 9.17. The topological polar surface area (TPSA) is 46.5 Å². The Morgan fingerprint density at radius 3 is 2.57 bits per heavy atom. The lowest BCUT2D eigenvalue weighted by molar-refractivity contribution is -0.131. The molecule has 1 rings (SSSR count). The first-order valence-electron chi connectivity index (χ1n) is 7.82. The monoisotopic (exact) mass is 314 g/mol. The van der Waals surface area contributed by atoms with Gasteiger partial charge in [-0.25, -0.2) is 4.79 Å². The molecule has 0 bridgehead atoms. The van der Waals surface area contributed by atoms with Crippen molar-refractivity contribution in [3.05, 3.63) is 58.7 Å². The summed E-state index contributed by atoms with van der Waals surface area (Å²) in [6.45, 7) is 8.85. The highest BCUT2D eigenvalue weighted by atomic mass is 16.5. The zero-order valence-electron chi connectivity index (χ0n) is 14.4. The molecule has 1 aromatic carbocycles. The van der Waals surface area contributed by atoms with Crippen LogP contribution in [-0.2, 0) is 4.79 Å². The molecule has 0 aliphatic heterocycles. The fourth-order valence-corrected chi connectivity index (χ4v) is 2.07. The normalized spacial score (nSPS) is 11.6. The highest BCUT2D eigenvalue weighted by Gasteiger charge is 2.00. The number of aryl methyl sites for hydroxylation is 1. The molecule has 0 radical (unpaired) electrons. The van der Waals surface area contributed by atoms with Gasteiger partial charge in [-0.2, -0.15) is 0 Å². The maximum absolute atomic E-state index is 10.5. The van der Waals surface area contributed by atoms with E-state index in [0.717, 1.165) is 35.8 Å². The lowest BCUT2D eigenvalue weighted by Gasteiger charge is -2.08. The lowest BCUT2D eigenvalue weighted by atomic mass is 10.1. The van der Waals surface area contributed by atoms with Gasteiger partial charge < -0.3 is 9.84 Å². The fourth-order valence-electron chi connectivity index (χ4n) is 2.07. The smallest absolute Gasteiger partial charge is 0.328 e. The molecular weight excluding hydrogens is 288 g/mol. The number of hydrogen-bond acceptors (Lipinski definition) is 2. The number of ether oxygens (including phenoxy) is 1. The molecule has 0 aliphatic rings. The van der Waals surface area contributed by atoms with Crippen molar-refractivity contribution in [3.8, 4) is 5.75 Å². The number of aliphatic carboxylic acids is 1. The van der Waals surface area contributed by atoms with Crippen LogP contribution in [0.15, 0.2) is 47.6 Å². The minimum atomic E-state index is -0.947. The molecule has 1 N–H and O–H groups in total. The Morgan fingerprint density at radius 2 is 1.96 bits per heavy atom. The van der Waals surface area contributed by atoms with Crippen LogP contribution in [0.4, 0.5) is 0 Å². The Bertz CT molecular complexity index is 618. The third-order valence-corrected chi connectivity index (χ3v) is 3.38. The second kappa shape index (κ2) is 9.67. The summed E-state index contributed by atoms with van der Waals surface area (Å²) in [5.74, 6) is -0.123. The van der Waals surface area contributed by atoms with Crippen LogP contribution < -0.4 is 4.74 Å². The molecule has 0 aromatic heterocycles. The summed E-state index contributed by atoms with van der Waals surface area (Å²) in [7, 11) is 0. The third-order valence-electron chi connectivity index (χ3n) is 3.38. The van der Waals surface area contributed by atoms with Crippen molar-refractivity contribution in [2.24, 2.45) is 0 Å². The van der Waals surface area contributed by atoms with Crippen LogP contribution >= 0.6 is 0 Å². The minimum absolute atomic E-state index is 0.547. The Morgan fingerprint density at radius 1 is 1.22 bits per heavy atom. The summed E-state index contributed by atoms with van der Waals surface area (Å²) < 4.78 is 5.78. The van der Waals surface area contributed by atoms with Crippen molar-refractivity contribution >= 4 is 12.0 Å². The van der Waals surface area contributed by atoms with Crippen LogP contribution in [0.3, 0.4) is 0 Å². The van der Waals surface area contributed by atoms with Crippen LogP contribution in [0, 0.1) is 6.92 Å². The van der Waals surface area contributed by atoms with E-state index in [0.29, 0.717) is 6.61 Å². The molecule has 0 aliphatic carbocycles. The van der Waals surface area contributed by atoms with E-state index < -0.39 is 5.97 Å². The van der Waals surface area contributed by atoms with Gasteiger partial charge in [0, 0.05) is 6.08 Å². The number of carboxylic acid groups (broad SMARTS) is 1. The van der Waals surface area contributed by atoms with Gasteiger partial charge in [-0.3, -0.25) is 0 Å². The summed E-state index contributed by atoms with van der Waals surface area (Å²) >= 11 is 0. The maximum Gasteiger partial charge on any atom is 0.328 e. The lowest BCUT2D eigenvalue weighted by Crippen LogP contribution is -1.97. The van der Waals surface area contributed by atoms with E-state index in [4.69, 9.17) is 9.84 Å². The van der Waals surface area contributed by atoms with Crippen LogP contribution in [0.25, 0.3) is 6.08 Å². The maximum atomic E-state index is 10.5. The van der Waals surface area contributed by atoms with Crippen molar-refractivity contribution in [3.63, 3.8) is 0 Å². The number of carbonyl (C=O) groups is 1. The van der Waals surface area contributed by atoms with E-state index in [1.807, 2.05) is 25.1 Å². The molecule has 0 fully saturated rings. The quantitative estimate of drug-likeness (QED) is 0.532. The number of hydrogen-bond donors (Lipinski definition) is 1. The number of carboxylic acids is 1. The van der Waals surface area contributed by atoms with Gasteiger partial charge in [-0.15, -0.1) is 0 Å². The molecule has 1 aromatic rings. The van der Waals surface area contributed by atoms with Gasteiger partial charge in [0.05, 0.1) is 0 Å². The summed E-state index contributed by atoms with van der Waals surface area (Å²) in [4.78, 5) is 10.5. The average Bonchev–Trinajstić information content (AvgIpc) is 2.46. The first-order valence-corrected chi connectivity index (χ1v) is 7.82. The Hall–Kier alpha value is -2.29. The zero-order valence-corrected chi connectivity index (χ0v) is 14.4. The highest BCUT2D eigenvalue weighted by Crippen LogP contribution is 2.20. The van der Waals surface area contributed by atoms with Gasteiger partial charge in [0.2, 0.25) is 0 Å². The van der Waals surface area contributed by atoms with E-state index >= 15 is 0 Å². The van der Waals surface area contributed by atoms with E-state index in [1.165, 1.54) is 11.1 Å². The van der Waals surface area contributed by atoms with Gasteiger partial charge in [-0.1, -0.05) is 23.3 Å². The summed E-state index contributed by atoms with van der Waals surface area (Å²) in [5.41, 5.74) is 4.52. The first kappa shape index (κ1) is 18.8. The number of allylic oxidation sites excluding steroid dienone is 3. The zero-order chi connectivity index (χ0) is 17.2. The van der Waals surface area contributed by atoms with Crippen molar-refractivity contribution in [2.45, 2.75) is 40.5 Å². The Balaban J connectivity index is 2.55. The van der Waals surface area contributed by atoms with Gasteiger partial charge >= 0.3 is 5.97 Å². The van der Waals surface area contributed by atoms with Crippen LogP contribution in [0.2, 0.25) is 0 Å². The molecule has 23 heavy (non-hydrogen) atoms. The van der Waals surface area contributed by atoms with Crippen molar-refractivity contribution in [1.29, 1.82) is 0 Å². The van der Waals surface area contributed by atoms with Crippen molar-refractivity contribution in [1.82, 2.24) is 0 Å². The number of rotatable bonds is 8. The number of benzene rings is 1. The van der Waals surface area contributed by atoms with E-state index in [1.54, 1.807) is 6.08 Å². The Kier molecular flexibility index (Phi) is 7.89. The van der Waals surface area contributed by atoms with Gasteiger partial charge in [-0.05, 0) is 75.9 Å². The van der Waals surface area contributed by atoms with Crippen LogP contribution in [0.1, 0.15) is 44.7 Å². The molecule has 124 valence electrons. The molecule has 0 saturated heterocycles. The fraction of sp³-hybridized carbons (Fsp3) is 0.350. The van der Waals surface area contributed by atoms with Crippen molar-refractivity contribution in [2.75, 3.05) is 6.61 Å². The third kappa shape index (κ3) is 8.05. The van der Waals surface area contributed by atoms with E-state index in [-0.39, 0.29) is 0 Å². The van der Waals surface area contributed by atoms with E-state index in [2.05, 4.69) is 32.9 Å². The molecule has 0 amide bonds. The average molecular weight is 314 g/mol. The highest BCUT2D eigenvalue weighted by molar-refractivity contribution is 5.85. The summed E-state index contributed by atoms with van der Waals surface area (Å²) in [5, 5.41) is 8.64. The molecular formula is C20H26O3. The van der Waals surface area contributed by atoms with Crippen LogP contribution in [-0.4, -0.2) is 17.7 Å². The molecule has 0 heterocycles. The van der Waals surface area contributed by atoms with Crippen molar-refractivity contribution < 1.29 is 14.6 Å². The molecule has 3 heteroatoms. The second-order valence-electron chi connectivity index (χ2n) is 5.88. The molecule has 3 nitrogen and oxygen atoms in total. The molecule has 0 unspecified atom stereocenters.